The second-order valence-electron chi connectivity index (χ2n) is 6.67. The minimum Gasteiger partial charge on any atom is -0.467 e. The number of rotatable bonds is 11. The summed E-state index contributed by atoms with van der Waals surface area (Å²) in [5.41, 5.74) is 0.964. The lowest BCUT2D eigenvalue weighted by Crippen LogP contribution is -2.24. The third-order valence-electron chi connectivity index (χ3n) is 4.43. The van der Waals surface area contributed by atoms with Crippen molar-refractivity contribution >= 4 is 29.3 Å². The summed E-state index contributed by atoms with van der Waals surface area (Å²) in [6.45, 7) is 3.40. The molecule has 0 aliphatic carbocycles. The third kappa shape index (κ3) is 6.37. The number of aromatic nitrogens is 3. The standard InChI is InChI=1S/C21H25ClN4O2S/c1-2-3-4-5-12-26-20(16-8-10-17(22)11-9-16)24-25-21(26)29-15-19(27)23-14-18-7-6-13-28-18/h6-11,13H,2-5,12,14-15H2,1H3,(H,23,27). The number of hydrogen-bond donors (Lipinski definition) is 1. The monoisotopic (exact) mass is 432 g/mol. The van der Waals surface area contributed by atoms with Crippen molar-refractivity contribution in [3.63, 3.8) is 0 Å². The third-order valence-corrected chi connectivity index (χ3v) is 5.65. The highest BCUT2D eigenvalue weighted by atomic mass is 35.5. The Morgan fingerprint density at radius 3 is 2.72 bits per heavy atom. The van der Waals surface area contributed by atoms with Gasteiger partial charge < -0.3 is 14.3 Å². The SMILES string of the molecule is CCCCCCn1c(SCC(=O)NCc2ccco2)nnc1-c1ccc(Cl)cc1. The summed E-state index contributed by atoms with van der Waals surface area (Å²) in [4.78, 5) is 12.2. The van der Waals surface area contributed by atoms with Crippen LogP contribution in [0.15, 0.2) is 52.2 Å². The number of nitrogens with one attached hydrogen (secondary N) is 1. The van der Waals surface area contributed by atoms with Gasteiger partial charge >= 0.3 is 0 Å². The van der Waals surface area contributed by atoms with Gasteiger partial charge in [0.15, 0.2) is 11.0 Å². The van der Waals surface area contributed by atoms with Gasteiger partial charge in [-0.15, -0.1) is 10.2 Å². The Bertz CT molecular complexity index is 894. The zero-order valence-corrected chi connectivity index (χ0v) is 18.0. The Labute approximate surface area is 180 Å². The van der Waals surface area contributed by atoms with Crippen molar-refractivity contribution < 1.29 is 9.21 Å². The van der Waals surface area contributed by atoms with E-state index in [1.165, 1.54) is 24.6 Å². The van der Waals surface area contributed by atoms with Gasteiger partial charge in [-0.2, -0.15) is 0 Å². The Hall–Kier alpha value is -2.25. The molecule has 0 bridgehead atoms. The molecule has 3 rings (SSSR count). The molecule has 8 heteroatoms. The molecule has 3 aromatic rings. The van der Waals surface area contributed by atoms with Gasteiger partial charge in [-0.3, -0.25) is 4.79 Å². The summed E-state index contributed by atoms with van der Waals surface area (Å²) in [6.07, 6.45) is 6.18. The minimum absolute atomic E-state index is 0.0695. The van der Waals surface area contributed by atoms with Crippen LogP contribution >= 0.6 is 23.4 Å². The molecule has 154 valence electrons. The molecule has 1 N–H and O–H groups in total. The van der Waals surface area contributed by atoms with Crippen LogP contribution in [0.25, 0.3) is 11.4 Å². The number of unbranched alkanes of at least 4 members (excludes halogenated alkanes) is 3. The van der Waals surface area contributed by atoms with Crippen molar-refractivity contribution in [2.24, 2.45) is 0 Å². The van der Waals surface area contributed by atoms with E-state index in [2.05, 4.69) is 27.0 Å². The van der Waals surface area contributed by atoms with E-state index >= 15 is 0 Å². The lowest BCUT2D eigenvalue weighted by molar-refractivity contribution is -0.118. The van der Waals surface area contributed by atoms with Crippen LogP contribution in [-0.4, -0.2) is 26.4 Å². The maximum Gasteiger partial charge on any atom is 0.230 e. The molecule has 29 heavy (non-hydrogen) atoms. The lowest BCUT2D eigenvalue weighted by Gasteiger charge is -2.10. The highest BCUT2D eigenvalue weighted by Crippen LogP contribution is 2.26. The molecule has 2 aromatic heterocycles. The Morgan fingerprint density at radius 1 is 1.17 bits per heavy atom. The first-order valence-electron chi connectivity index (χ1n) is 9.78. The molecule has 1 amide bonds. The van der Waals surface area contributed by atoms with Crippen LogP contribution in [0, 0.1) is 0 Å². The first-order chi connectivity index (χ1) is 14.2. The molecule has 1 aromatic carbocycles. The van der Waals surface area contributed by atoms with E-state index in [1.807, 2.05) is 30.3 Å². The molecule has 0 unspecified atom stereocenters. The van der Waals surface area contributed by atoms with E-state index in [0.29, 0.717) is 11.6 Å². The summed E-state index contributed by atoms with van der Waals surface area (Å²) < 4.78 is 7.33. The van der Waals surface area contributed by atoms with Gasteiger partial charge in [-0.1, -0.05) is 49.5 Å². The number of furan rings is 1. The van der Waals surface area contributed by atoms with Gasteiger partial charge in [0.05, 0.1) is 18.6 Å². The Balaban J connectivity index is 1.66. The number of thioether (sulfide) groups is 1. The Kier molecular flexibility index (Phi) is 8.19. The summed E-state index contributed by atoms with van der Waals surface area (Å²) in [7, 11) is 0. The second-order valence-corrected chi connectivity index (χ2v) is 8.05. The summed E-state index contributed by atoms with van der Waals surface area (Å²) in [5.74, 6) is 1.73. The van der Waals surface area contributed by atoms with Crippen LogP contribution < -0.4 is 5.32 Å². The van der Waals surface area contributed by atoms with Gasteiger partial charge in [0.2, 0.25) is 5.91 Å². The van der Waals surface area contributed by atoms with Crippen LogP contribution in [0.5, 0.6) is 0 Å². The first-order valence-corrected chi connectivity index (χ1v) is 11.1. The molecule has 0 radical (unpaired) electrons. The number of nitrogens with zero attached hydrogens (tertiary/aromatic N) is 3. The average molecular weight is 433 g/mol. The highest BCUT2D eigenvalue weighted by Gasteiger charge is 2.15. The fourth-order valence-corrected chi connectivity index (χ4v) is 3.81. The van der Waals surface area contributed by atoms with Crippen molar-refractivity contribution in [3.8, 4) is 11.4 Å². The van der Waals surface area contributed by atoms with Gasteiger partial charge in [-0.25, -0.2) is 0 Å². The maximum atomic E-state index is 12.2. The zero-order chi connectivity index (χ0) is 20.5. The number of carbonyl (C=O) groups is 1. The quantitative estimate of drug-likeness (QED) is 0.334. The molecule has 0 saturated heterocycles. The molecule has 0 aliphatic rings. The fourth-order valence-electron chi connectivity index (χ4n) is 2.89. The molecule has 0 spiro atoms. The van der Waals surface area contributed by atoms with Crippen molar-refractivity contribution in [1.82, 2.24) is 20.1 Å². The van der Waals surface area contributed by atoms with Crippen LogP contribution in [0.4, 0.5) is 0 Å². The number of amides is 1. The average Bonchev–Trinajstić information content (AvgIpc) is 3.39. The van der Waals surface area contributed by atoms with E-state index in [4.69, 9.17) is 16.0 Å². The van der Waals surface area contributed by atoms with E-state index < -0.39 is 0 Å². The molecule has 6 nitrogen and oxygen atoms in total. The smallest absolute Gasteiger partial charge is 0.230 e. The fraction of sp³-hybridized carbons (Fsp3) is 0.381. The molecule has 2 heterocycles. The highest BCUT2D eigenvalue weighted by molar-refractivity contribution is 7.99. The zero-order valence-electron chi connectivity index (χ0n) is 16.4. The summed E-state index contributed by atoms with van der Waals surface area (Å²) in [5, 5.41) is 13.0. The largest absolute Gasteiger partial charge is 0.467 e. The van der Waals surface area contributed by atoms with Crippen molar-refractivity contribution in [2.45, 2.75) is 50.9 Å². The predicted molar refractivity (Wildman–Crippen MR) is 116 cm³/mol. The summed E-state index contributed by atoms with van der Waals surface area (Å²) >= 11 is 7.41. The topological polar surface area (TPSA) is 73.0 Å². The number of hydrogen-bond acceptors (Lipinski definition) is 5. The van der Waals surface area contributed by atoms with E-state index in [-0.39, 0.29) is 11.7 Å². The number of halogens is 1. The van der Waals surface area contributed by atoms with Crippen molar-refractivity contribution in [1.29, 1.82) is 0 Å². The lowest BCUT2D eigenvalue weighted by atomic mass is 10.2. The van der Waals surface area contributed by atoms with Gasteiger partial charge in [0, 0.05) is 17.1 Å². The van der Waals surface area contributed by atoms with E-state index in [1.54, 1.807) is 12.3 Å². The molecule has 0 saturated carbocycles. The van der Waals surface area contributed by atoms with Crippen LogP contribution in [0.1, 0.15) is 38.4 Å². The number of carbonyl (C=O) groups excluding carboxylic acids is 1. The van der Waals surface area contributed by atoms with E-state index in [9.17, 15) is 4.79 Å². The normalized spacial score (nSPS) is 11.0. The van der Waals surface area contributed by atoms with Gasteiger partial charge in [0.25, 0.3) is 0 Å². The number of benzene rings is 1. The molecule has 0 fully saturated rings. The molecular formula is C21H25ClN4O2S. The molecule has 0 atom stereocenters. The van der Waals surface area contributed by atoms with E-state index in [0.717, 1.165) is 41.7 Å². The van der Waals surface area contributed by atoms with Crippen LogP contribution in [0.3, 0.4) is 0 Å². The minimum atomic E-state index is -0.0695. The van der Waals surface area contributed by atoms with Crippen molar-refractivity contribution in [3.05, 3.63) is 53.4 Å². The summed E-state index contributed by atoms with van der Waals surface area (Å²) in [6, 6.07) is 11.2. The van der Waals surface area contributed by atoms with Crippen molar-refractivity contribution in [2.75, 3.05) is 5.75 Å². The van der Waals surface area contributed by atoms with Gasteiger partial charge in [0.1, 0.15) is 5.76 Å². The second kappa shape index (κ2) is 11.1. The molecular weight excluding hydrogens is 408 g/mol. The molecule has 0 aliphatic heterocycles. The maximum absolute atomic E-state index is 12.2. The first kappa shape index (κ1) is 21.5. The van der Waals surface area contributed by atoms with Crippen LogP contribution in [-0.2, 0) is 17.9 Å². The predicted octanol–water partition coefficient (Wildman–Crippen LogP) is 5.18. The van der Waals surface area contributed by atoms with Crippen LogP contribution in [0.2, 0.25) is 5.02 Å². The Morgan fingerprint density at radius 2 is 2.00 bits per heavy atom. The van der Waals surface area contributed by atoms with Gasteiger partial charge in [-0.05, 0) is 42.8 Å².